The molecule has 3 aromatic rings. The van der Waals surface area contributed by atoms with Gasteiger partial charge in [0.1, 0.15) is 5.15 Å². The van der Waals surface area contributed by atoms with Crippen LogP contribution >= 0.6 is 50.2 Å². The number of hydrogen-bond donors (Lipinski definition) is 4. The van der Waals surface area contributed by atoms with E-state index in [1.807, 2.05) is 6.07 Å². The average molecular weight is 504 g/mol. The number of carbonyl (C=O) groups is 1. The van der Waals surface area contributed by atoms with Gasteiger partial charge in [-0.3, -0.25) is 4.79 Å². The minimum Gasteiger partial charge on any atom is -0.483 e. The van der Waals surface area contributed by atoms with Crippen molar-refractivity contribution in [1.82, 2.24) is 10.3 Å². The molecule has 0 amide bonds. The van der Waals surface area contributed by atoms with E-state index in [2.05, 4.69) is 49.1 Å². The van der Waals surface area contributed by atoms with Gasteiger partial charge < -0.3 is 21.5 Å². The largest absolute Gasteiger partial charge is 0.483 e. The topological polar surface area (TPSA) is 100 Å². The van der Waals surface area contributed by atoms with Gasteiger partial charge in [0.15, 0.2) is 0 Å². The van der Waals surface area contributed by atoms with Crippen LogP contribution in [0.3, 0.4) is 0 Å². The lowest BCUT2D eigenvalue weighted by atomic mass is 9.98. The fraction of sp³-hybridized carbons (Fsp3) is 0.333. The van der Waals surface area contributed by atoms with Crippen molar-refractivity contribution in [3.8, 4) is 0 Å². The number of hydrogen-bond acceptors (Lipinski definition) is 7. The van der Waals surface area contributed by atoms with Crippen LogP contribution in [0.15, 0.2) is 28.1 Å². The van der Waals surface area contributed by atoms with Crippen LogP contribution in [0, 0.1) is 0 Å². The van der Waals surface area contributed by atoms with Gasteiger partial charge in [0.05, 0.1) is 26.4 Å². The molecule has 1 saturated heterocycles. The first kappa shape index (κ1) is 21.5. The van der Waals surface area contributed by atoms with Crippen LogP contribution in [0.1, 0.15) is 28.6 Å². The van der Waals surface area contributed by atoms with Crippen molar-refractivity contribution in [2.75, 3.05) is 11.9 Å². The molecule has 5 N–H and O–H groups in total. The van der Waals surface area contributed by atoms with E-state index < -0.39 is 0 Å². The van der Waals surface area contributed by atoms with Crippen molar-refractivity contribution in [2.45, 2.75) is 31.5 Å². The molecule has 1 aliphatic heterocycles. The number of anilines is 1. The van der Waals surface area contributed by atoms with Gasteiger partial charge in [-0.1, -0.05) is 17.7 Å². The lowest BCUT2D eigenvalue weighted by Gasteiger charge is -2.29. The molecule has 6 nitrogen and oxygen atoms in total. The summed E-state index contributed by atoms with van der Waals surface area (Å²) in [5.74, 6) is 0. The van der Waals surface area contributed by atoms with Crippen LogP contribution < -0.4 is 16.4 Å². The second-order valence-corrected chi connectivity index (χ2v) is 9.49. The van der Waals surface area contributed by atoms with E-state index in [4.69, 9.17) is 27.2 Å². The number of nitrogens with zero attached hydrogens (tertiary/aromatic N) is 1. The Kier molecular flexibility index (Phi) is 7.67. The molecule has 0 unspecified atom stereocenters. The quantitative estimate of drug-likeness (QED) is 0.300. The number of carboxylic acid groups (broad SMARTS) is 1. The highest BCUT2D eigenvalue weighted by molar-refractivity contribution is 9.10. The maximum absolute atomic E-state index is 8.36. The molecule has 2 atom stereocenters. The molecule has 0 bridgehead atoms. The third-order valence-corrected chi connectivity index (χ3v) is 7.83. The molecule has 4 heterocycles. The first-order chi connectivity index (χ1) is 13.5. The molecule has 150 valence electrons. The number of halogens is 2. The van der Waals surface area contributed by atoms with Crippen LogP contribution in [0.4, 0.5) is 5.69 Å². The van der Waals surface area contributed by atoms with Gasteiger partial charge >= 0.3 is 0 Å². The molecule has 1 fully saturated rings. The normalized spacial score (nSPS) is 19.1. The van der Waals surface area contributed by atoms with Gasteiger partial charge in [-0.05, 0) is 46.8 Å². The number of rotatable bonds is 4. The van der Waals surface area contributed by atoms with Crippen LogP contribution in [0.5, 0.6) is 0 Å². The highest BCUT2D eigenvalue weighted by Crippen LogP contribution is 2.43. The van der Waals surface area contributed by atoms with Crippen molar-refractivity contribution >= 4 is 72.6 Å². The van der Waals surface area contributed by atoms with Crippen molar-refractivity contribution in [2.24, 2.45) is 5.73 Å². The fourth-order valence-corrected chi connectivity index (χ4v) is 6.18. The Labute approximate surface area is 184 Å². The van der Waals surface area contributed by atoms with E-state index >= 15 is 0 Å². The van der Waals surface area contributed by atoms with Gasteiger partial charge in [0.25, 0.3) is 6.47 Å². The molecule has 1 aliphatic rings. The molecular weight excluding hydrogens is 484 g/mol. The Morgan fingerprint density at radius 2 is 2.32 bits per heavy atom. The Bertz CT molecular complexity index is 935. The molecule has 0 aromatic carbocycles. The Morgan fingerprint density at radius 1 is 1.54 bits per heavy atom. The maximum Gasteiger partial charge on any atom is 0.290 e. The van der Waals surface area contributed by atoms with Gasteiger partial charge in [-0.2, -0.15) is 0 Å². The molecule has 0 aliphatic carbocycles. The summed E-state index contributed by atoms with van der Waals surface area (Å²) in [4.78, 5) is 15.4. The van der Waals surface area contributed by atoms with Crippen molar-refractivity contribution < 1.29 is 9.90 Å². The molecule has 4 rings (SSSR count). The third kappa shape index (κ3) is 4.84. The second kappa shape index (κ2) is 10.00. The van der Waals surface area contributed by atoms with E-state index in [9.17, 15) is 0 Å². The third-order valence-electron chi connectivity index (χ3n) is 4.40. The zero-order chi connectivity index (χ0) is 20.1. The summed E-state index contributed by atoms with van der Waals surface area (Å²) in [6.07, 6.45) is 2.16. The average Bonchev–Trinajstić information content (AvgIpc) is 3.30. The van der Waals surface area contributed by atoms with Crippen LogP contribution in [0.2, 0.25) is 5.15 Å². The highest BCUT2D eigenvalue weighted by atomic mass is 79.9. The van der Waals surface area contributed by atoms with Crippen LogP contribution in [0.25, 0.3) is 10.2 Å². The molecule has 0 saturated carbocycles. The number of nitrogens with two attached hydrogens (primary N) is 1. The lowest BCUT2D eigenvalue weighted by molar-refractivity contribution is -0.122. The van der Waals surface area contributed by atoms with Gasteiger partial charge in [-0.15, -0.1) is 22.7 Å². The summed E-state index contributed by atoms with van der Waals surface area (Å²) in [5.41, 5.74) is 8.28. The minimum absolute atomic E-state index is 0.121. The van der Waals surface area contributed by atoms with Gasteiger partial charge in [0.2, 0.25) is 0 Å². The smallest absolute Gasteiger partial charge is 0.290 e. The summed E-state index contributed by atoms with van der Waals surface area (Å²) in [6, 6.07) is 6.37. The van der Waals surface area contributed by atoms with Gasteiger partial charge in [0, 0.05) is 28.4 Å². The first-order valence-electron chi connectivity index (χ1n) is 8.66. The molecule has 28 heavy (non-hydrogen) atoms. The number of thiophene rings is 2. The fourth-order valence-electron chi connectivity index (χ4n) is 3.15. The molecule has 10 heteroatoms. The Hall–Kier alpha value is -1.23. The monoisotopic (exact) mass is 502 g/mol. The van der Waals surface area contributed by atoms with Crippen LogP contribution in [-0.4, -0.2) is 29.1 Å². The predicted molar refractivity (Wildman–Crippen MR) is 121 cm³/mol. The van der Waals surface area contributed by atoms with Crippen molar-refractivity contribution in [3.63, 3.8) is 0 Å². The van der Waals surface area contributed by atoms with E-state index in [0.717, 1.165) is 46.3 Å². The molecular formula is C18H20BrClN4O2S2. The Balaban J connectivity index is 0.000000706. The zero-order valence-electron chi connectivity index (χ0n) is 14.8. The number of aromatic nitrogens is 1. The molecule has 0 spiro atoms. The van der Waals surface area contributed by atoms with Crippen molar-refractivity contribution in [1.29, 1.82) is 0 Å². The molecule has 3 aromatic heterocycles. The number of fused-ring (bicyclic) bond motifs is 1. The molecule has 0 radical (unpaired) electrons. The van der Waals surface area contributed by atoms with E-state index in [1.165, 1.54) is 9.75 Å². The summed E-state index contributed by atoms with van der Waals surface area (Å²) in [6.45, 7) is 1.52. The zero-order valence-corrected chi connectivity index (χ0v) is 18.8. The van der Waals surface area contributed by atoms with E-state index in [-0.39, 0.29) is 18.6 Å². The number of nitrogens with one attached hydrogen (secondary N) is 2. The van der Waals surface area contributed by atoms with E-state index in [1.54, 1.807) is 22.7 Å². The summed E-state index contributed by atoms with van der Waals surface area (Å²) >= 11 is 13.5. The Morgan fingerprint density at radius 3 is 3.00 bits per heavy atom. The summed E-state index contributed by atoms with van der Waals surface area (Å²) < 4.78 is 2.12. The minimum atomic E-state index is -0.250. The maximum atomic E-state index is 8.36. The standard InChI is InChI=1S/C17H18BrClN4S2.CH2O2/c18-13-15-16(25-17(13)14-10(20)4-1-5-21-14)11(7-12(19)23-15)22-8-9-3-2-6-24-9;2-1-3/h2-3,6-7,10,14,21H,1,4-5,8,20H2,(H,22,23);1H,(H,2,3)/t10-,14-;/m0./s1. The summed E-state index contributed by atoms with van der Waals surface area (Å²) in [5, 5.41) is 16.5. The van der Waals surface area contributed by atoms with E-state index in [0.29, 0.717) is 5.15 Å². The lowest BCUT2D eigenvalue weighted by Crippen LogP contribution is -2.42. The van der Waals surface area contributed by atoms with Gasteiger partial charge in [-0.25, -0.2) is 4.98 Å². The number of piperidine rings is 1. The predicted octanol–water partition coefficient (Wildman–Crippen LogP) is 4.84. The second-order valence-electron chi connectivity index (χ2n) is 6.23. The van der Waals surface area contributed by atoms with Crippen molar-refractivity contribution in [3.05, 3.63) is 43.0 Å². The summed E-state index contributed by atoms with van der Waals surface area (Å²) in [7, 11) is 0. The first-order valence-corrected chi connectivity index (χ1v) is 11.5. The highest BCUT2D eigenvalue weighted by Gasteiger charge is 2.28. The van der Waals surface area contributed by atoms with Crippen LogP contribution in [-0.2, 0) is 11.3 Å². The number of pyridine rings is 1. The SMILES string of the molecule is N[C@H]1CCCN[C@@H]1c1sc2c(NCc3cccs3)cc(Cl)nc2c1Br.O=CO.